The molecule has 1 amide bonds. The van der Waals surface area contributed by atoms with E-state index in [-0.39, 0.29) is 11.9 Å². The summed E-state index contributed by atoms with van der Waals surface area (Å²) in [4.78, 5) is 23.7. The lowest BCUT2D eigenvalue weighted by molar-refractivity contribution is -0.119. The standard InChI is InChI=1S/C17H12BrN3O4/c18-13-8-6-12(7-9-13)16(23)24-10-14(22)19-17-21-20-15(25-17)11-4-2-1-3-5-11/h1-9H,10H2,(H,19,21,22). The van der Waals surface area contributed by atoms with Gasteiger partial charge in [0.25, 0.3) is 5.91 Å². The minimum absolute atomic E-state index is 0.0662. The Labute approximate surface area is 151 Å². The van der Waals surface area contributed by atoms with E-state index in [4.69, 9.17) is 9.15 Å². The van der Waals surface area contributed by atoms with Gasteiger partial charge in [-0.25, -0.2) is 4.79 Å². The molecule has 0 aliphatic rings. The topological polar surface area (TPSA) is 94.3 Å². The van der Waals surface area contributed by atoms with Crippen molar-refractivity contribution in [2.75, 3.05) is 11.9 Å². The van der Waals surface area contributed by atoms with Crippen molar-refractivity contribution in [3.05, 3.63) is 64.6 Å². The molecule has 0 aliphatic heterocycles. The number of halogens is 1. The van der Waals surface area contributed by atoms with Crippen LogP contribution in [0.4, 0.5) is 6.01 Å². The number of rotatable bonds is 5. The Hall–Kier alpha value is -3.00. The fourth-order valence-electron chi connectivity index (χ4n) is 1.93. The molecule has 3 rings (SSSR count). The van der Waals surface area contributed by atoms with Gasteiger partial charge in [-0.05, 0) is 36.4 Å². The molecule has 1 N–H and O–H groups in total. The van der Waals surface area contributed by atoms with Crippen LogP contribution in [0.1, 0.15) is 10.4 Å². The number of carbonyl (C=O) groups is 2. The normalized spacial score (nSPS) is 10.3. The van der Waals surface area contributed by atoms with E-state index in [2.05, 4.69) is 31.4 Å². The Bertz CT molecular complexity index is 878. The van der Waals surface area contributed by atoms with Gasteiger partial charge in [0.2, 0.25) is 5.89 Å². The molecule has 0 radical (unpaired) electrons. The molecule has 0 saturated heterocycles. The second kappa shape index (κ2) is 7.71. The molecule has 0 unspecified atom stereocenters. The summed E-state index contributed by atoms with van der Waals surface area (Å²) in [5.41, 5.74) is 1.08. The zero-order valence-electron chi connectivity index (χ0n) is 12.8. The fraction of sp³-hybridized carbons (Fsp3) is 0.0588. The van der Waals surface area contributed by atoms with Crippen LogP contribution in [0.25, 0.3) is 11.5 Å². The Morgan fingerprint density at radius 3 is 2.48 bits per heavy atom. The fourth-order valence-corrected chi connectivity index (χ4v) is 2.19. The van der Waals surface area contributed by atoms with E-state index in [1.165, 1.54) is 0 Å². The molecule has 0 aliphatic carbocycles. The molecular weight excluding hydrogens is 390 g/mol. The quantitative estimate of drug-likeness (QED) is 0.659. The highest BCUT2D eigenvalue weighted by Gasteiger charge is 2.14. The van der Waals surface area contributed by atoms with Gasteiger partial charge in [-0.15, -0.1) is 5.10 Å². The van der Waals surface area contributed by atoms with E-state index in [0.29, 0.717) is 5.56 Å². The van der Waals surface area contributed by atoms with Gasteiger partial charge in [0.1, 0.15) is 0 Å². The van der Waals surface area contributed by atoms with Crippen LogP contribution in [0.2, 0.25) is 0 Å². The molecule has 0 fully saturated rings. The maximum atomic E-state index is 11.8. The number of nitrogens with one attached hydrogen (secondary N) is 1. The highest BCUT2D eigenvalue weighted by atomic mass is 79.9. The summed E-state index contributed by atoms with van der Waals surface area (Å²) in [6.45, 7) is -0.460. The van der Waals surface area contributed by atoms with Crippen LogP contribution in [0.15, 0.2) is 63.5 Å². The predicted octanol–water partition coefficient (Wildman–Crippen LogP) is 3.29. The van der Waals surface area contributed by atoms with Crippen LogP contribution in [-0.4, -0.2) is 28.7 Å². The summed E-state index contributed by atoms with van der Waals surface area (Å²) in [7, 11) is 0. The van der Waals surface area contributed by atoms with E-state index in [1.54, 1.807) is 36.4 Å². The zero-order valence-corrected chi connectivity index (χ0v) is 14.4. The van der Waals surface area contributed by atoms with E-state index in [0.717, 1.165) is 10.0 Å². The van der Waals surface area contributed by atoms with Crippen LogP contribution in [0.5, 0.6) is 0 Å². The highest BCUT2D eigenvalue weighted by Crippen LogP contribution is 2.19. The number of amides is 1. The van der Waals surface area contributed by atoms with Crippen LogP contribution in [0, 0.1) is 0 Å². The molecule has 7 nitrogen and oxygen atoms in total. The molecular formula is C17H12BrN3O4. The first-order valence-corrected chi connectivity index (χ1v) is 8.02. The summed E-state index contributed by atoms with van der Waals surface area (Å²) in [6, 6.07) is 15.7. The van der Waals surface area contributed by atoms with E-state index < -0.39 is 18.5 Å². The lowest BCUT2D eigenvalue weighted by atomic mass is 10.2. The Morgan fingerprint density at radius 1 is 1.04 bits per heavy atom. The molecule has 2 aromatic carbocycles. The number of nitrogens with zero attached hydrogens (tertiary/aromatic N) is 2. The van der Waals surface area contributed by atoms with Crippen LogP contribution < -0.4 is 5.32 Å². The van der Waals surface area contributed by atoms with Crippen molar-refractivity contribution in [3.8, 4) is 11.5 Å². The monoisotopic (exact) mass is 401 g/mol. The summed E-state index contributed by atoms with van der Waals surface area (Å²) in [6.07, 6.45) is 0. The smallest absolute Gasteiger partial charge is 0.338 e. The molecule has 0 bridgehead atoms. The van der Waals surface area contributed by atoms with E-state index >= 15 is 0 Å². The molecule has 126 valence electrons. The van der Waals surface area contributed by atoms with Crippen LogP contribution >= 0.6 is 15.9 Å². The molecule has 1 aromatic heterocycles. The Balaban J connectivity index is 1.54. The van der Waals surface area contributed by atoms with Gasteiger partial charge in [0.15, 0.2) is 6.61 Å². The number of benzene rings is 2. The SMILES string of the molecule is O=C(COC(=O)c1ccc(Br)cc1)Nc1nnc(-c2ccccc2)o1. The average molecular weight is 402 g/mol. The van der Waals surface area contributed by atoms with E-state index in [1.807, 2.05) is 18.2 Å². The molecule has 0 saturated carbocycles. The van der Waals surface area contributed by atoms with Crippen LogP contribution in [-0.2, 0) is 9.53 Å². The summed E-state index contributed by atoms with van der Waals surface area (Å²) in [5, 5.41) is 9.96. The summed E-state index contributed by atoms with van der Waals surface area (Å²) < 4.78 is 11.1. The second-order valence-corrected chi connectivity index (χ2v) is 5.83. The third kappa shape index (κ3) is 4.51. The van der Waals surface area contributed by atoms with Gasteiger partial charge in [-0.3, -0.25) is 10.1 Å². The summed E-state index contributed by atoms with van der Waals surface area (Å²) in [5.74, 6) is -0.894. The number of anilines is 1. The van der Waals surface area contributed by atoms with Gasteiger partial charge >= 0.3 is 12.0 Å². The first-order valence-electron chi connectivity index (χ1n) is 7.23. The molecule has 1 heterocycles. The number of hydrogen-bond donors (Lipinski definition) is 1. The molecule has 0 atom stereocenters. The lowest BCUT2D eigenvalue weighted by Crippen LogP contribution is -2.21. The van der Waals surface area contributed by atoms with Crippen molar-refractivity contribution in [2.24, 2.45) is 0 Å². The van der Waals surface area contributed by atoms with Crippen molar-refractivity contribution in [2.45, 2.75) is 0 Å². The van der Waals surface area contributed by atoms with Crippen molar-refractivity contribution < 1.29 is 18.7 Å². The molecule has 25 heavy (non-hydrogen) atoms. The van der Waals surface area contributed by atoms with Crippen molar-refractivity contribution in [1.82, 2.24) is 10.2 Å². The zero-order chi connectivity index (χ0) is 17.6. The second-order valence-electron chi connectivity index (χ2n) is 4.91. The first kappa shape index (κ1) is 16.8. The van der Waals surface area contributed by atoms with Gasteiger partial charge in [-0.1, -0.05) is 39.2 Å². The molecule has 0 spiro atoms. The maximum Gasteiger partial charge on any atom is 0.338 e. The van der Waals surface area contributed by atoms with Crippen molar-refractivity contribution in [3.63, 3.8) is 0 Å². The third-order valence-corrected chi connectivity index (χ3v) is 3.64. The molecule has 3 aromatic rings. The third-order valence-electron chi connectivity index (χ3n) is 3.11. The van der Waals surface area contributed by atoms with Crippen LogP contribution in [0.3, 0.4) is 0 Å². The minimum Gasteiger partial charge on any atom is -0.452 e. The number of aromatic nitrogens is 2. The van der Waals surface area contributed by atoms with E-state index in [9.17, 15) is 9.59 Å². The Morgan fingerprint density at radius 2 is 1.76 bits per heavy atom. The molecule has 8 heteroatoms. The van der Waals surface area contributed by atoms with Gasteiger partial charge in [0.05, 0.1) is 5.56 Å². The van der Waals surface area contributed by atoms with Gasteiger partial charge in [-0.2, -0.15) is 0 Å². The number of esters is 1. The highest BCUT2D eigenvalue weighted by molar-refractivity contribution is 9.10. The predicted molar refractivity (Wildman–Crippen MR) is 92.8 cm³/mol. The van der Waals surface area contributed by atoms with Crippen molar-refractivity contribution >= 4 is 33.8 Å². The van der Waals surface area contributed by atoms with Crippen molar-refractivity contribution in [1.29, 1.82) is 0 Å². The largest absolute Gasteiger partial charge is 0.452 e. The number of hydrogen-bond acceptors (Lipinski definition) is 6. The lowest BCUT2D eigenvalue weighted by Gasteiger charge is -2.04. The number of ether oxygens (including phenoxy) is 1. The number of carbonyl (C=O) groups excluding carboxylic acids is 2. The maximum absolute atomic E-state index is 11.8. The summed E-state index contributed by atoms with van der Waals surface area (Å²) >= 11 is 3.27. The Kier molecular flexibility index (Phi) is 5.20. The first-order chi connectivity index (χ1) is 12.1. The minimum atomic E-state index is -0.599. The van der Waals surface area contributed by atoms with Gasteiger partial charge in [0, 0.05) is 10.0 Å². The average Bonchev–Trinajstić information content (AvgIpc) is 3.09. The van der Waals surface area contributed by atoms with Gasteiger partial charge < -0.3 is 9.15 Å².